The third-order valence-electron chi connectivity index (χ3n) is 4.99. The van der Waals surface area contributed by atoms with Gasteiger partial charge in [-0.1, -0.05) is 12.1 Å². The van der Waals surface area contributed by atoms with E-state index in [4.69, 9.17) is 9.47 Å². The molecule has 0 bridgehead atoms. The Kier molecular flexibility index (Phi) is 7.71. The van der Waals surface area contributed by atoms with Crippen LogP contribution in [0.15, 0.2) is 52.3 Å². The zero-order valence-corrected chi connectivity index (χ0v) is 19.3. The molecule has 0 radical (unpaired) electrons. The predicted octanol–water partition coefficient (Wildman–Crippen LogP) is 1.94. The van der Waals surface area contributed by atoms with E-state index >= 15 is 0 Å². The summed E-state index contributed by atoms with van der Waals surface area (Å²) in [5, 5.41) is 0. The second kappa shape index (κ2) is 10.1. The highest BCUT2D eigenvalue weighted by Crippen LogP contribution is 2.22. The maximum absolute atomic E-state index is 12.7. The predicted molar refractivity (Wildman–Crippen MR) is 117 cm³/mol. The maximum Gasteiger partial charge on any atom is 0.243 e. The van der Waals surface area contributed by atoms with E-state index in [1.807, 2.05) is 6.92 Å². The van der Waals surface area contributed by atoms with Gasteiger partial charge in [-0.2, -0.15) is 4.31 Å². The highest BCUT2D eigenvalue weighted by molar-refractivity contribution is 7.89. The van der Waals surface area contributed by atoms with Crippen LogP contribution < -0.4 is 9.46 Å². The van der Waals surface area contributed by atoms with Gasteiger partial charge in [0.1, 0.15) is 5.75 Å². The third-order valence-corrected chi connectivity index (χ3v) is 8.37. The average molecular weight is 469 g/mol. The van der Waals surface area contributed by atoms with Crippen molar-refractivity contribution in [1.29, 1.82) is 0 Å². The summed E-state index contributed by atoms with van der Waals surface area (Å²) >= 11 is 0. The number of rotatable bonds is 9. The zero-order chi connectivity index (χ0) is 22.5. The van der Waals surface area contributed by atoms with Crippen LogP contribution in [0.5, 0.6) is 5.75 Å². The Morgan fingerprint density at radius 2 is 1.65 bits per heavy atom. The number of sulfonamides is 2. The molecule has 31 heavy (non-hydrogen) atoms. The molecule has 0 saturated carbocycles. The van der Waals surface area contributed by atoms with Gasteiger partial charge in [0.25, 0.3) is 0 Å². The monoisotopic (exact) mass is 468 g/mol. The standard InChI is InChI=1S/C21H28N2O6S2/c1-3-29-21-9-8-20(16-17(21)2)30(24,25)22-11-10-18-4-6-19(7-5-18)31(26,27)23-12-14-28-15-13-23/h4-9,16,22H,3,10-15H2,1-2H3. The molecule has 0 spiro atoms. The van der Waals surface area contributed by atoms with Gasteiger partial charge in [-0.15, -0.1) is 0 Å². The van der Waals surface area contributed by atoms with E-state index in [-0.39, 0.29) is 16.3 Å². The van der Waals surface area contributed by atoms with Crippen LogP contribution in [0.3, 0.4) is 0 Å². The van der Waals surface area contributed by atoms with Crippen LogP contribution >= 0.6 is 0 Å². The lowest BCUT2D eigenvalue weighted by Crippen LogP contribution is -2.40. The van der Waals surface area contributed by atoms with Gasteiger partial charge in [-0.3, -0.25) is 0 Å². The fraction of sp³-hybridized carbons (Fsp3) is 0.429. The first-order valence-corrected chi connectivity index (χ1v) is 13.1. The highest BCUT2D eigenvalue weighted by Gasteiger charge is 2.26. The van der Waals surface area contributed by atoms with Crippen molar-refractivity contribution in [1.82, 2.24) is 9.03 Å². The van der Waals surface area contributed by atoms with E-state index in [1.165, 1.54) is 10.4 Å². The number of aryl methyl sites for hydroxylation is 1. The molecule has 1 aliphatic rings. The molecule has 0 aromatic heterocycles. The SMILES string of the molecule is CCOc1ccc(S(=O)(=O)NCCc2ccc(S(=O)(=O)N3CCOCC3)cc2)cc1C. The Hall–Kier alpha value is -1.98. The van der Waals surface area contributed by atoms with E-state index < -0.39 is 20.0 Å². The molecule has 0 unspecified atom stereocenters. The Balaban J connectivity index is 1.59. The van der Waals surface area contributed by atoms with Crippen LogP contribution in [-0.2, 0) is 31.2 Å². The fourth-order valence-corrected chi connectivity index (χ4v) is 5.81. The quantitative estimate of drug-likeness (QED) is 0.603. The van der Waals surface area contributed by atoms with Crippen molar-refractivity contribution in [3.05, 3.63) is 53.6 Å². The first-order chi connectivity index (χ1) is 14.7. The molecule has 1 fully saturated rings. The van der Waals surface area contributed by atoms with Crippen LogP contribution in [0.4, 0.5) is 0 Å². The second-order valence-corrected chi connectivity index (χ2v) is 10.9. The van der Waals surface area contributed by atoms with E-state index in [9.17, 15) is 16.8 Å². The summed E-state index contributed by atoms with van der Waals surface area (Å²) in [7, 11) is -7.19. The Morgan fingerprint density at radius 3 is 2.26 bits per heavy atom. The summed E-state index contributed by atoms with van der Waals surface area (Å²) in [6.45, 7) is 5.86. The third kappa shape index (κ3) is 5.83. The summed E-state index contributed by atoms with van der Waals surface area (Å²) in [5.41, 5.74) is 1.59. The van der Waals surface area contributed by atoms with Crippen LogP contribution in [-0.4, -0.2) is 60.6 Å². The summed E-state index contributed by atoms with van der Waals surface area (Å²) in [4.78, 5) is 0.406. The van der Waals surface area contributed by atoms with Gasteiger partial charge in [0.05, 0.1) is 29.6 Å². The molecule has 3 rings (SSSR count). The highest BCUT2D eigenvalue weighted by atomic mass is 32.2. The lowest BCUT2D eigenvalue weighted by Gasteiger charge is -2.26. The van der Waals surface area contributed by atoms with E-state index in [2.05, 4.69) is 4.72 Å². The summed E-state index contributed by atoms with van der Waals surface area (Å²) in [6.07, 6.45) is 0.438. The molecule has 1 aliphatic heterocycles. The first kappa shape index (κ1) is 23.7. The van der Waals surface area contributed by atoms with E-state index in [0.29, 0.717) is 45.1 Å². The maximum atomic E-state index is 12.7. The minimum Gasteiger partial charge on any atom is -0.494 e. The number of ether oxygens (including phenoxy) is 2. The normalized spacial score (nSPS) is 15.7. The molecule has 170 valence electrons. The van der Waals surface area contributed by atoms with Gasteiger partial charge >= 0.3 is 0 Å². The molecular weight excluding hydrogens is 440 g/mol. The first-order valence-electron chi connectivity index (χ1n) is 10.1. The lowest BCUT2D eigenvalue weighted by atomic mass is 10.2. The number of morpholine rings is 1. The molecule has 2 aromatic carbocycles. The lowest BCUT2D eigenvalue weighted by molar-refractivity contribution is 0.0730. The molecule has 0 amide bonds. The van der Waals surface area contributed by atoms with Crippen molar-refractivity contribution in [2.45, 2.75) is 30.1 Å². The minimum atomic E-state index is -3.65. The molecule has 2 aromatic rings. The molecule has 8 nitrogen and oxygen atoms in total. The van der Waals surface area contributed by atoms with E-state index in [0.717, 1.165) is 11.1 Å². The fourth-order valence-electron chi connectivity index (χ4n) is 3.28. The van der Waals surface area contributed by atoms with E-state index in [1.54, 1.807) is 43.3 Å². The molecule has 10 heteroatoms. The molecule has 1 N–H and O–H groups in total. The Bertz CT molecular complexity index is 1090. The number of nitrogens with one attached hydrogen (secondary N) is 1. The zero-order valence-electron chi connectivity index (χ0n) is 17.7. The second-order valence-electron chi connectivity index (χ2n) is 7.17. The molecule has 0 atom stereocenters. The summed E-state index contributed by atoms with van der Waals surface area (Å²) < 4.78 is 65.1. The number of benzene rings is 2. The van der Waals surface area contributed by atoms with Crippen molar-refractivity contribution >= 4 is 20.0 Å². The van der Waals surface area contributed by atoms with Gasteiger partial charge in [0.2, 0.25) is 20.0 Å². The Morgan fingerprint density at radius 1 is 1.00 bits per heavy atom. The van der Waals surface area contributed by atoms with Gasteiger partial charge in [-0.05, 0) is 61.7 Å². The largest absolute Gasteiger partial charge is 0.494 e. The van der Waals surface area contributed by atoms with Gasteiger partial charge in [0, 0.05) is 19.6 Å². The van der Waals surface area contributed by atoms with Crippen molar-refractivity contribution < 1.29 is 26.3 Å². The Labute approximate surface area is 184 Å². The average Bonchev–Trinajstić information content (AvgIpc) is 2.76. The molecular formula is C21H28N2O6S2. The van der Waals surface area contributed by atoms with Gasteiger partial charge in [0.15, 0.2) is 0 Å². The van der Waals surface area contributed by atoms with Gasteiger partial charge < -0.3 is 9.47 Å². The summed E-state index contributed by atoms with van der Waals surface area (Å²) in [5.74, 6) is 0.661. The smallest absolute Gasteiger partial charge is 0.243 e. The van der Waals surface area contributed by atoms with Crippen LogP contribution in [0.2, 0.25) is 0 Å². The van der Waals surface area contributed by atoms with Crippen molar-refractivity contribution in [2.75, 3.05) is 39.5 Å². The van der Waals surface area contributed by atoms with Crippen LogP contribution in [0.1, 0.15) is 18.1 Å². The minimum absolute atomic E-state index is 0.181. The van der Waals surface area contributed by atoms with Crippen molar-refractivity contribution in [3.8, 4) is 5.75 Å². The van der Waals surface area contributed by atoms with Crippen LogP contribution in [0, 0.1) is 6.92 Å². The molecule has 1 heterocycles. The number of hydrogen-bond donors (Lipinski definition) is 1. The number of nitrogens with zero attached hydrogens (tertiary/aromatic N) is 1. The number of hydrogen-bond acceptors (Lipinski definition) is 6. The van der Waals surface area contributed by atoms with Gasteiger partial charge in [-0.25, -0.2) is 21.6 Å². The van der Waals surface area contributed by atoms with Crippen molar-refractivity contribution in [3.63, 3.8) is 0 Å². The molecule has 1 saturated heterocycles. The topological polar surface area (TPSA) is 102 Å². The molecule has 0 aliphatic carbocycles. The summed E-state index contributed by atoms with van der Waals surface area (Å²) in [6, 6.07) is 11.3. The van der Waals surface area contributed by atoms with Crippen molar-refractivity contribution in [2.24, 2.45) is 0 Å². The van der Waals surface area contributed by atoms with Crippen LogP contribution in [0.25, 0.3) is 0 Å².